The van der Waals surface area contributed by atoms with E-state index in [4.69, 9.17) is 11.6 Å². The summed E-state index contributed by atoms with van der Waals surface area (Å²) in [6, 6.07) is 28.1. The first-order valence-electron chi connectivity index (χ1n) is 13.7. The van der Waals surface area contributed by atoms with E-state index in [1.165, 1.54) is 0 Å². The summed E-state index contributed by atoms with van der Waals surface area (Å²) in [5.41, 5.74) is 4.61. The maximum absolute atomic E-state index is 14.8. The van der Waals surface area contributed by atoms with Gasteiger partial charge in [0.15, 0.2) is 11.6 Å². The minimum atomic E-state index is -1.35. The number of ketones is 2. The molecule has 0 saturated carbocycles. The van der Waals surface area contributed by atoms with E-state index in [2.05, 4.69) is 11.4 Å². The average molecular weight is 559 g/mol. The second-order valence-electron chi connectivity index (χ2n) is 11.1. The van der Waals surface area contributed by atoms with Crippen LogP contribution in [0.3, 0.4) is 0 Å². The molecular weight excluding hydrogens is 532 g/mol. The van der Waals surface area contributed by atoms with E-state index in [-0.39, 0.29) is 17.5 Å². The quantitative estimate of drug-likeness (QED) is 0.277. The van der Waals surface area contributed by atoms with Gasteiger partial charge in [-0.2, -0.15) is 0 Å². The molecule has 1 saturated heterocycles. The number of aryl methyl sites for hydroxylation is 1. The molecule has 41 heavy (non-hydrogen) atoms. The highest BCUT2D eigenvalue weighted by Gasteiger charge is 2.70. The molecule has 3 aliphatic rings. The number of hydrogen-bond donors (Lipinski definition) is 1. The molecule has 4 atom stereocenters. The van der Waals surface area contributed by atoms with Gasteiger partial charge < -0.3 is 10.2 Å². The molecule has 0 bridgehead atoms. The zero-order chi connectivity index (χ0) is 28.5. The Balaban J connectivity index is 1.57. The molecule has 5 nitrogen and oxygen atoms in total. The molecule has 6 heteroatoms. The fraction of sp³-hybridized carbons (Fsp3) is 0.171. The van der Waals surface area contributed by atoms with Gasteiger partial charge in [0.25, 0.3) is 0 Å². The maximum Gasteiger partial charge on any atom is 0.238 e. The van der Waals surface area contributed by atoms with Gasteiger partial charge in [0, 0.05) is 28.1 Å². The molecule has 3 aliphatic heterocycles. The number of nitrogens with one attached hydrogen (secondary N) is 1. The van der Waals surface area contributed by atoms with E-state index < -0.39 is 23.4 Å². The lowest BCUT2D eigenvalue weighted by molar-refractivity contribution is -0.121. The number of nitrogens with zero attached hydrogens (tertiary/aromatic N) is 1. The third-order valence-electron chi connectivity index (χ3n) is 8.91. The second kappa shape index (κ2) is 9.28. The van der Waals surface area contributed by atoms with Gasteiger partial charge in [-0.25, -0.2) is 0 Å². The highest BCUT2D eigenvalue weighted by atomic mass is 35.5. The van der Waals surface area contributed by atoms with Crippen LogP contribution >= 0.6 is 11.6 Å². The first-order valence-corrected chi connectivity index (χ1v) is 14.1. The number of benzene rings is 4. The lowest BCUT2D eigenvalue weighted by Gasteiger charge is -2.39. The normalized spacial score (nSPS) is 23.9. The van der Waals surface area contributed by atoms with Gasteiger partial charge in [-0.3, -0.25) is 14.4 Å². The maximum atomic E-state index is 14.8. The molecule has 1 amide bonds. The van der Waals surface area contributed by atoms with E-state index in [1.807, 2.05) is 79.4 Å². The van der Waals surface area contributed by atoms with Gasteiger partial charge in [-0.15, -0.1) is 0 Å². The predicted octanol–water partition coefficient (Wildman–Crippen LogP) is 6.89. The van der Waals surface area contributed by atoms with E-state index in [0.29, 0.717) is 21.8 Å². The molecule has 0 radical (unpaired) electrons. The Hall–Kier alpha value is -4.48. The molecule has 7 rings (SSSR count). The van der Waals surface area contributed by atoms with E-state index in [9.17, 15) is 14.4 Å². The molecule has 1 fully saturated rings. The lowest BCUT2D eigenvalue weighted by atomic mass is 9.64. The fourth-order valence-electron chi connectivity index (χ4n) is 7.11. The third-order valence-corrected chi connectivity index (χ3v) is 9.24. The first-order chi connectivity index (χ1) is 19.8. The smallest absolute Gasteiger partial charge is 0.238 e. The summed E-state index contributed by atoms with van der Waals surface area (Å²) in [4.78, 5) is 46.0. The van der Waals surface area contributed by atoms with E-state index in [1.54, 1.807) is 36.4 Å². The number of carbonyl (C=O) groups is 3. The summed E-state index contributed by atoms with van der Waals surface area (Å²) >= 11 is 6.60. The summed E-state index contributed by atoms with van der Waals surface area (Å²) in [5, 5.41) is 3.38. The summed E-state index contributed by atoms with van der Waals surface area (Å²) in [6.45, 7) is 3.98. The van der Waals surface area contributed by atoms with Crippen LogP contribution in [0.5, 0.6) is 0 Å². The SMILES string of the molecule is CC1=C[C@H]2N(c3ccccc31)[C@@H](C(=O)c1ccccc1Cl)[C@H](C(=O)c1ccc(C)cc1)[C@@]21C(=O)Nc2ccccc21. The number of amides is 1. The number of carbonyl (C=O) groups excluding carboxylic acids is 3. The van der Waals surface area contributed by atoms with Crippen molar-refractivity contribution in [2.45, 2.75) is 31.3 Å². The van der Waals surface area contributed by atoms with E-state index in [0.717, 1.165) is 28.0 Å². The molecular formula is C35H27ClN2O3. The second-order valence-corrected chi connectivity index (χ2v) is 11.5. The highest BCUT2D eigenvalue weighted by Crippen LogP contribution is 2.59. The molecule has 0 aliphatic carbocycles. The van der Waals surface area contributed by atoms with Crippen molar-refractivity contribution in [1.29, 1.82) is 0 Å². The van der Waals surface area contributed by atoms with Crippen LogP contribution in [0.25, 0.3) is 5.57 Å². The Kier molecular flexibility index (Phi) is 5.77. The van der Waals surface area contributed by atoms with Gasteiger partial charge >= 0.3 is 0 Å². The fourth-order valence-corrected chi connectivity index (χ4v) is 7.33. The average Bonchev–Trinajstić information content (AvgIpc) is 3.45. The molecule has 1 N–H and O–H groups in total. The van der Waals surface area contributed by atoms with Crippen molar-refractivity contribution in [2.24, 2.45) is 5.92 Å². The number of rotatable bonds is 4. The Morgan fingerprint density at radius 1 is 0.829 bits per heavy atom. The number of anilines is 2. The number of Topliss-reactive ketones (excluding diaryl/α,β-unsaturated/α-hetero) is 2. The zero-order valence-corrected chi connectivity index (χ0v) is 23.4. The Morgan fingerprint density at radius 2 is 1.51 bits per heavy atom. The number of para-hydroxylation sites is 2. The van der Waals surface area contributed by atoms with Crippen LogP contribution in [-0.2, 0) is 10.2 Å². The van der Waals surface area contributed by atoms with Crippen LogP contribution in [-0.4, -0.2) is 29.6 Å². The summed E-state index contributed by atoms with van der Waals surface area (Å²) in [7, 11) is 0. The van der Waals surface area contributed by atoms with Crippen molar-refractivity contribution in [3.63, 3.8) is 0 Å². The van der Waals surface area contributed by atoms with Gasteiger partial charge in [0.05, 0.1) is 17.0 Å². The van der Waals surface area contributed by atoms with Crippen molar-refractivity contribution in [3.8, 4) is 0 Å². The van der Waals surface area contributed by atoms with Crippen molar-refractivity contribution >= 4 is 46.0 Å². The van der Waals surface area contributed by atoms with Crippen LogP contribution in [0.1, 0.15) is 44.3 Å². The topological polar surface area (TPSA) is 66.5 Å². The van der Waals surface area contributed by atoms with Gasteiger partial charge in [0.2, 0.25) is 5.91 Å². The number of fused-ring (bicyclic) bond motifs is 6. The van der Waals surface area contributed by atoms with Crippen LogP contribution in [0.4, 0.5) is 11.4 Å². The summed E-state index contributed by atoms with van der Waals surface area (Å²) in [6.07, 6.45) is 2.05. The van der Waals surface area contributed by atoms with Gasteiger partial charge in [-0.05, 0) is 49.2 Å². The minimum Gasteiger partial charge on any atom is -0.352 e. The lowest BCUT2D eigenvalue weighted by Crippen LogP contribution is -2.51. The van der Waals surface area contributed by atoms with Crippen LogP contribution in [0.2, 0.25) is 5.02 Å². The highest BCUT2D eigenvalue weighted by molar-refractivity contribution is 6.34. The van der Waals surface area contributed by atoms with Crippen LogP contribution < -0.4 is 10.2 Å². The number of hydrogen-bond acceptors (Lipinski definition) is 4. The molecule has 1 spiro atoms. The van der Waals surface area contributed by atoms with Crippen molar-refractivity contribution in [3.05, 3.63) is 136 Å². The Morgan fingerprint density at radius 3 is 2.29 bits per heavy atom. The molecule has 4 aromatic carbocycles. The van der Waals surface area contributed by atoms with Crippen LogP contribution in [0.15, 0.2) is 103 Å². The molecule has 202 valence electrons. The molecule has 0 unspecified atom stereocenters. The van der Waals surface area contributed by atoms with Crippen molar-refractivity contribution in [1.82, 2.24) is 0 Å². The summed E-state index contributed by atoms with van der Waals surface area (Å²) in [5.74, 6) is -1.85. The number of halogens is 1. The Labute approximate surface area is 243 Å². The summed E-state index contributed by atoms with van der Waals surface area (Å²) < 4.78 is 0. The van der Waals surface area contributed by atoms with E-state index >= 15 is 0 Å². The monoisotopic (exact) mass is 558 g/mol. The van der Waals surface area contributed by atoms with Crippen molar-refractivity contribution < 1.29 is 14.4 Å². The standard InChI is InChI=1S/C35H27ClN2O3/c1-20-15-17-22(18-16-20)32(39)30-31(33(40)24-10-3-6-12-26(24)36)38-28-14-8-4-9-23(28)21(2)19-29(38)35(30)25-11-5-7-13-27(25)37-34(35)41/h3-19,29-31H,1-2H3,(H,37,41)/t29-,30-,31-,35+/m1/s1. The molecule has 0 aromatic heterocycles. The molecule has 4 aromatic rings. The first kappa shape index (κ1) is 25.5. The van der Waals surface area contributed by atoms with Gasteiger partial charge in [-0.1, -0.05) is 96.0 Å². The zero-order valence-electron chi connectivity index (χ0n) is 22.6. The van der Waals surface area contributed by atoms with Gasteiger partial charge in [0.1, 0.15) is 11.5 Å². The largest absolute Gasteiger partial charge is 0.352 e. The third kappa shape index (κ3) is 3.52. The number of allylic oxidation sites excluding steroid dienone is 1. The van der Waals surface area contributed by atoms with Crippen LogP contribution in [0, 0.1) is 12.8 Å². The minimum absolute atomic E-state index is 0.250. The Bertz CT molecular complexity index is 1790. The molecule has 3 heterocycles. The predicted molar refractivity (Wildman–Crippen MR) is 162 cm³/mol. The van der Waals surface area contributed by atoms with Crippen molar-refractivity contribution in [2.75, 3.05) is 10.2 Å².